The summed E-state index contributed by atoms with van der Waals surface area (Å²) in [7, 11) is 7.77. The van der Waals surface area contributed by atoms with Crippen molar-refractivity contribution in [2.75, 3.05) is 48.5 Å². The summed E-state index contributed by atoms with van der Waals surface area (Å²) in [5.74, 6) is -3.38. The molecule has 0 radical (unpaired) electrons. The molecule has 0 saturated carbocycles. The molecule has 1 saturated heterocycles. The number of nitrogens with one attached hydrogen (secondary N) is 3. The molecule has 1 aromatic rings. The normalized spacial score (nSPS) is 18.4. The third-order valence-electron chi connectivity index (χ3n) is 11.5. The van der Waals surface area contributed by atoms with E-state index in [1.165, 1.54) is 33.2 Å². The van der Waals surface area contributed by atoms with Crippen LogP contribution < -0.4 is 21.7 Å². The molecule has 1 aromatic carbocycles. The van der Waals surface area contributed by atoms with E-state index in [0.29, 0.717) is 32.2 Å². The van der Waals surface area contributed by atoms with Crippen LogP contribution in [0.5, 0.6) is 0 Å². The van der Waals surface area contributed by atoms with Gasteiger partial charge in [-0.3, -0.25) is 28.8 Å². The predicted molar refractivity (Wildman–Crippen MR) is 219 cm³/mol. The van der Waals surface area contributed by atoms with Crippen molar-refractivity contribution >= 4 is 35.4 Å². The summed E-state index contributed by atoms with van der Waals surface area (Å²) in [6, 6.07) is 5.95. The molecule has 5 N–H and O–H groups in total. The van der Waals surface area contributed by atoms with E-state index in [1.54, 1.807) is 23.8 Å². The number of benzene rings is 1. The van der Waals surface area contributed by atoms with Gasteiger partial charge in [0, 0.05) is 48.3 Å². The SMILES string of the molecule is CC[C@H](C)[C@@H]([C@@H](CC(=O)N1CCC[C@H]1[C@H](OC)[C@@H](C)C(=O)N[C@@H](Cc1ccccc1)C(=O)NC)OC)N(C)C(=O)[C@@H](NC(=O)[C@H](C(C)C)N(C)C(=O)CN)C(C)C. The van der Waals surface area contributed by atoms with E-state index in [0.717, 1.165) is 5.56 Å². The second-order valence-electron chi connectivity index (χ2n) is 16.1. The molecule has 0 aliphatic carbocycles. The van der Waals surface area contributed by atoms with Gasteiger partial charge in [-0.15, -0.1) is 0 Å². The average molecular weight is 802 g/mol. The number of nitrogens with two attached hydrogens (primary N) is 1. The third kappa shape index (κ3) is 13.0. The van der Waals surface area contributed by atoms with Crippen molar-refractivity contribution < 1.29 is 38.2 Å². The van der Waals surface area contributed by atoms with E-state index in [4.69, 9.17) is 15.2 Å². The Morgan fingerprint density at radius 2 is 1.51 bits per heavy atom. The molecule has 1 aliphatic heterocycles. The molecule has 1 aliphatic rings. The Balaban J connectivity index is 2.31. The maximum atomic E-state index is 14.3. The molecule has 6 amide bonds. The molecule has 0 aromatic heterocycles. The van der Waals surface area contributed by atoms with Gasteiger partial charge in [0.15, 0.2) is 0 Å². The zero-order valence-corrected chi connectivity index (χ0v) is 36.4. The molecule has 2 rings (SSSR count). The predicted octanol–water partition coefficient (Wildman–Crippen LogP) is 1.96. The summed E-state index contributed by atoms with van der Waals surface area (Å²) in [5.41, 5.74) is 6.49. The molecular weight excluding hydrogens is 731 g/mol. The summed E-state index contributed by atoms with van der Waals surface area (Å²) in [4.78, 5) is 85.8. The van der Waals surface area contributed by atoms with E-state index in [9.17, 15) is 28.8 Å². The van der Waals surface area contributed by atoms with Gasteiger partial charge in [-0.2, -0.15) is 0 Å². The van der Waals surface area contributed by atoms with Gasteiger partial charge in [0.05, 0.1) is 43.2 Å². The lowest BCUT2D eigenvalue weighted by Crippen LogP contribution is -2.60. The molecule has 15 heteroatoms. The molecule has 15 nitrogen and oxygen atoms in total. The Hall–Kier alpha value is -4.08. The van der Waals surface area contributed by atoms with Crippen molar-refractivity contribution in [2.45, 2.75) is 123 Å². The fraction of sp³-hybridized carbons (Fsp3) is 0.714. The largest absolute Gasteiger partial charge is 0.379 e. The van der Waals surface area contributed by atoms with Crippen molar-refractivity contribution in [3.63, 3.8) is 0 Å². The number of hydrogen-bond donors (Lipinski definition) is 4. The van der Waals surface area contributed by atoms with Gasteiger partial charge in [0.2, 0.25) is 35.4 Å². The highest BCUT2D eigenvalue weighted by molar-refractivity contribution is 5.93. The lowest BCUT2D eigenvalue weighted by atomic mass is 9.89. The van der Waals surface area contributed by atoms with Gasteiger partial charge in [-0.1, -0.05) is 85.2 Å². The summed E-state index contributed by atoms with van der Waals surface area (Å²) in [5, 5.41) is 8.47. The molecule has 9 atom stereocenters. The van der Waals surface area contributed by atoms with Crippen LogP contribution in [-0.2, 0) is 44.7 Å². The van der Waals surface area contributed by atoms with Crippen molar-refractivity contribution in [3.8, 4) is 0 Å². The van der Waals surface area contributed by atoms with Gasteiger partial charge >= 0.3 is 0 Å². The first kappa shape index (κ1) is 49.1. The van der Waals surface area contributed by atoms with Gasteiger partial charge in [0.25, 0.3) is 0 Å². The van der Waals surface area contributed by atoms with E-state index >= 15 is 0 Å². The van der Waals surface area contributed by atoms with E-state index in [-0.39, 0.29) is 60.3 Å². The minimum Gasteiger partial charge on any atom is -0.379 e. The van der Waals surface area contributed by atoms with E-state index in [2.05, 4.69) is 16.0 Å². The maximum Gasteiger partial charge on any atom is 0.245 e. The number of amides is 6. The first-order valence-corrected chi connectivity index (χ1v) is 20.3. The number of likely N-dealkylation sites (N-methyl/N-ethyl adjacent to an activating group) is 3. The lowest BCUT2D eigenvalue weighted by molar-refractivity contribution is -0.148. The molecule has 57 heavy (non-hydrogen) atoms. The van der Waals surface area contributed by atoms with Crippen LogP contribution in [-0.4, -0.2) is 141 Å². The van der Waals surface area contributed by atoms with E-state index in [1.807, 2.05) is 71.9 Å². The van der Waals surface area contributed by atoms with Crippen molar-refractivity contribution in [2.24, 2.45) is 29.4 Å². The Bertz CT molecular complexity index is 1480. The number of methoxy groups -OCH3 is 2. The van der Waals surface area contributed by atoms with Gasteiger partial charge in [-0.25, -0.2) is 0 Å². The second-order valence-corrected chi connectivity index (χ2v) is 16.1. The van der Waals surface area contributed by atoms with E-state index < -0.39 is 54.2 Å². The number of carbonyl (C=O) groups excluding carboxylic acids is 6. The topological polar surface area (TPSA) is 193 Å². The highest BCUT2D eigenvalue weighted by atomic mass is 16.5. The van der Waals surface area contributed by atoms with Gasteiger partial charge < -0.3 is 45.9 Å². The van der Waals surface area contributed by atoms with Crippen LogP contribution in [0.3, 0.4) is 0 Å². The monoisotopic (exact) mass is 802 g/mol. The Morgan fingerprint density at radius 3 is 2.02 bits per heavy atom. The maximum absolute atomic E-state index is 14.3. The summed E-state index contributed by atoms with van der Waals surface area (Å²) in [6.45, 7) is 13.3. The zero-order valence-electron chi connectivity index (χ0n) is 36.4. The van der Waals surface area contributed by atoms with Crippen molar-refractivity contribution in [3.05, 3.63) is 35.9 Å². The van der Waals surface area contributed by atoms with Crippen LogP contribution in [0.15, 0.2) is 30.3 Å². The van der Waals surface area contributed by atoms with Crippen LogP contribution >= 0.6 is 0 Å². The first-order chi connectivity index (χ1) is 26.9. The fourth-order valence-corrected chi connectivity index (χ4v) is 8.04. The van der Waals surface area contributed by atoms with Crippen LogP contribution in [0.25, 0.3) is 0 Å². The van der Waals surface area contributed by atoms with Crippen molar-refractivity contribution in [1.82, 2.24) is 30.7 Å². The lowest BCUT2D eigenvalue weighted by Gasteiger charge is -2.41. The van der Waals surface area contributed by atoms with Gasteiger partial charge in [0.1, 0.15) is 18.1 Å². The number of hydrogen-bond acceptors (Lipinski definition) is 9. The van der Waals surface area contributed by atoms with Crippen LogP contribution in [0.4, 0.5) is 0 Å². The zero-order chi connectivity index (χ0) is 43.1. The summed E-state index contributed by atoms with van der Waals surface area (Å²) in [6.07, 6.45) is 0.940. The Labute approximate surface area is 340 Å². The Morgan fingerprint density at radius 1 is 0.877 bits per heavy atom. The molecule has 1 fully saturated rings. The number of nitrogens with zero attached hydrogens (tertiary/aromatic N) is 3. The smallest absolute Gasteiger partial charge is 0.245 e. The van der Waals surface area contributed by atoms with Gasteiger partial charge in [-0.05, 0) is 36.2 Å². The summed E-state index contributed by atoms with van der Waals surface area (Å²) < 4.78 is 11.9. The number of ether oxygens (including phenoxy) is 2. The number of likely N-dealkylation sites (tertiary alicyclic amines) is 1. The minimum absolute atomic E-state index is 0.0351. The number of carbonyl (C=O) groups is 6. The Kier molecular flexibility index (Phi) is 20.1. The molecule has 1 heterocycles. The summed E-state index contributed by atoms with van der Waals surface area (Å²) >= 11 is 0. The average Bonchev–Trinajstić information content (AvgIpc) is 3.68. The van der Waals surface area contributed by atoms with Crippen molar-refractivity contribution in [1.29, 1.82) is 0 Å². The first-order valence-electron chi connectivity index (χ1n) is 20.3. The minimum atomic E-state index is -0.918. The molecule has 0 spiro atoms. The highest BCUT2D eigenvalue weighted by Gasteiger charge is 2.43. The highest BCUT2D eigenvalue weighted by Crippen LogP contribution is 2.30. The molecule has 322 valence electrons. The van der Waals surface area contributed by atoms with Crippen LogP contribution in [0, 0.1) is 23.7 Å². The number of rotatable bonds is 22. The standard InChI is InChI=1S/C42H71N7O8/c1-13-27(6)37(48(10)42(55)35(25(2)3)46-41(54)36(26(4)5)47(9)34(51)24-43)32(56-11)23-33(50)49-21-17-20-31(49)38(57-12)28(7)39(52)45-30(40(53)44-8)22-29-18-15-14-16-19-29/h14-16,18-19,25-28,30-32,35-38H,13,17,20-24,43H2,1-12H3,(H,44,53)(H,45,52)(H,46,54)/t27-,28+,30-,31-,32+,35-,36-,37-,38+/m0/s1. The molecule has 0 bridgehead atoms. The fourth-order valence-electron chi connectivity index (χ4n) is 8.04. The van der Waals surface area contributed by atoms with Crippen LogP contribution in [0.1, 0.15) is 79.7 Å². The molecule has 0 unspecified atom stereocenters. The quantitative estimate of drug-likeness (QED) is 0.136. The third-order valence-corrected chi connectivity index (χ3v) is 11.5. The second kappa shape index (κ2) is 23.4. The van der Waals surface area contributed by atoms with Crippen LogP contribution in [0.2, 0.25) is 0 Å². The molecular formula is C42H71N7O8.